The molecule has 1 aliphatic carbocycles. The average molecular weight is 440 g/mol. The number of aromatic nitrogens is 1. The first-order chi connectivity index (χ1) is 12.8. The van der Waals surface area contributed by atoms with Crippen LogP contribution in [-0.4, -0.2) is 65.1 Å². The van der Waals surface area contributed by atoms with Gasteiger partial charge in [0.15, 0.2) is 5.17 Å². The maximum Gasteiger partial charge on any atom is 0.261 e. The molecule has 9 heteroatoms. The topological polar surface area (TPSA) is 61.2 Å². The summed E-state index contributed by atoms with van der Waals surface area (Å²) in [5, 5.41) is 0.591. The number of carbonyl (C=O) groups excluding carboxylic acids is 1. The third kappa shape index (κ3) is 5.44. The van der Waals surface area contributed by atoms with E-state index in [9.17, 15) is 4.79 Å². The van der Waals surface area contributed by atoms with E-state index in [1.54, 1.807) is 11.8 Å². The van der Waals surface area contributed by atoms with Gasteiger partial charge in [0.2, 0.25) is 0 Å². The number of rotatable bonds is 4. The van der Waals surface area contributed by atoms with Gasteiger partial charge in [-0.1, -0.05) is 36.1 Å². The highest BCUT2D eigenvalue weighted by molar-refractivity contribution is 8.13. The van der Waals surface area contributed by atoms with E-state index in [1.807, 2.05) is 42.6 Å². The van der Waals surface area contributed by atoms with Crippen molar-refractivity contribution < 1.29 is 4.79 Å². The van der Waals surface area contributed by atoms with Crippen molar-refractivity contribution in [3.8, 4) is 0 Å². The van der Waals surface area contributed by atoms with E-state index in [-0.39, 0.29) is 36.6 Å². The zero-order valence-electron chi connectivity index (χ0n) is 15.3. The fraction of sp³-hybridized carbons (Fsp3) is 0.368. The molecular formula is C19H23Cl2N5OS. The smallest absolute Gasteiger partial charge is 0.261 e. The van der Waals surface area contributed by atoms with E-state index in [2.05, 4.69) is 30.8 Å². The number of nitrogens with zero attached hydrogens (tertiary/aromatic N) is 5. The summed E-state index contributed by atoms with van der Waals surface area (Å²) in [6, 6.07) is 6.03. The van der Waals surface area contributed by atoms with Gasteiger partial charge in [0.25, 0.3) is 5.91 Å². The maximum absolute atomic E-state index is 12.1. The number of amidine groups is 1. The minimum absolute atomic E-state index is 0. The molecule has 1 saturated heterocycles. The molecule has 1 amide bonds. The second kappa shape index (κ2) is 10.8. The van der Waals surface area contributed by atoms with Gasteiger partial charge < -0.3 is 4.90 Å². The molecule has 1 aromatic heterocycles. The number of fused-ring (bicyclic) bond motifs is 1. The maximum atomic E-state index is 12.1. The molecule has 3 heterocycles. The molecule has 28 heavy (non-hydrogen) atoms. The Balaban J connectivity index is 0.00000140. The Bertz CT molecular complexity index is 789. The van der Waals surface area contributed by atoms with Crippen LogP contribution >= 0.6 is 36.6 Å². The lowest BCUT2D eigenvalue weighted by Crippen LogP contribution is -2.47. The molecule has 0 N–H and O–H groups in total. The second-order valence-electron chi connectivity index (χ2n) is 6.36. The monoisotopic (exact) mass is 439 g/mol. The van der Waals surface area contributed by atoms with E-state index in [4.69, 9.17) is 0 Å². The number of amides is 1. The first-order valence-corrected chi connectivity index (χ1v) is 9.85. The summed E-state index contributed by atoms with van der Waals surface area (Å²) < 4.78 is 0. The largest absolute Gasteiger partial charge is 0.354 e. The van der Waals surface area contributed by atoms with E-state index in [0.29, 0.717) is 5.17 Å². The Hall–Kier alpha value is -1.67. The Labute approximate surface area is 181 Å². The number of halogens is 2. The summed E-state index contributed by atoms with van der Waals surface area (Å²) in [7, 11) is 0. The van der Waals surface area contributed by atoms with Crippen molar-refractivity contribution in [3.05, 3.63) is 48.7 Å². The number of aliphatic imine (C=N–C) groups is 2. The standard InChI is InChI=1S/C19H21N5OS.2ClH/c25-18-15-5-1-2-6-16(15)21-19(22-18)26-14-13-23-9-11-24(12-10-23)17-7-3-4-8-20-17;;/h1-8,15H,9-14H2;2*1H. The molecule has 1 atom stereocenters. The normalized spacial score (nSPS) is 21.2. The van der Waals surface area contributed by atoms with Crippen LogP contribution in [0, 0.1) is 5.92 Å². The zero-order valence-corrected chi connectivity index (χ0v) is 17.8. The molecule has 1 unspecified atom stereocenters. The summed E-state index contributed by atoms with van der Waals surface area (Å²) in [5.41, 5.74) is 0.805. The van der Waals surface area contributed by atoms with E-state index >= 15 is 0 Å². The number of anilines is 1. The Morgan fingerprint density at radius 1 is 1.07 bits per heavy atom. The predicted octanol–water partition coefficient (Wildman–Crippen LogP) is 2.86. The molecule has 2 aliphatic heterocycles. The highest BCUT2D eigenvalue weighted by atomic mass is 35.5. The van der Waals surface area contributed by atoms with Crippen LogP contribution in [0.25, 0.3) is 0 Å². The fourth-order valence-electron chi connectivity index (χ4n) is 3.22. The van der Waals surface area contributed by atoms with Crippen LogP contribution in [0.3, 0.4) is 0 Å². The molecule has 0 saturated carbocycles. The summed E-state index contributed by atoms with van der Waals surface area (Å²) in [5.74, 6) is 1.54. The number of piperazine rings is 1. The molecule has 0 spiro atoms. The van der Waals surface area contributed by atoms with Crippen molar-refractivity contribution in [1.29, 1.82) is 0 Å². The van der Waals surface area contributed by atoms with Crippen LogP contribution in [0.5, 0.6) is 0 Å². The first-order valence-electron chi connectivity index (χ1n) is 8.87. The van der Waals surface area contributed by atoms with Gasteiger partial charge in [0.05, 0.1) is 5.71 Å². The lowest BCUT2D eigenvalue weighted by Gasteiger charge is -2.35. The van der Waals surface area contributed by atoms with Gasteiger partial charge in [0.1, 0.15) is 11.7 Å². The molecule has 150 valence electrons. The second-order valence-corrected chi connectivity index (χ2v) is 7.42. The zero-order chi connectivity index (χ0) is 17.8. The van der Waals surface area contributed by atoms with Crippen LogP contribution in [0.4, 0.5) is 5.82 Å². The van der Waals surface area contributed by atoms with Crippen molar-refractivity contribution in [2.45, 2.75) is 0 Å². The van der Waals surface area contributed by atoms with Gasteiger partial charge in [-0.25, -0.2) is 9.98 Å². The Morgan fingerprint density at radius 3 is 2.64 bits per heavy atom. The summed E-state index contributed by atoms with van der Waals surface area (Å²) in [4.78, 5) is 29.9. The third-order valence-electron chi connectivity index (χ3n) is 4.68. The highest BCUT2D eigenvalue weighted by Gasteiger charge is 2.26. The Morgan fingerprint density at radius 2 is 1.89 bits per heavy atom. The quantitative estimate of drug-likeness (QED) is 0.721. The predicted molar refractivity (Wildman–Crippen MR) is 121 cm³/mol. The molecule has 4 rings (SSSR count). The van der Waals surface area contributed by atoms with E-state index in [1.165, 1.54) is 0 Å². The van der Waals surface area contributed by atoms with Crippen LogP contribution < -0.4 is 4.90 Å². The molecule has 6 nitrogen and oxygen atoms in total. The summed E-state index contributed by atoms with van der Waals surface area (Å²) >= 11 is 1.56. The van der Waals surface area contributed by atoms with E-state index in [0.717, 1.165) is 50.0 Å². The van der Waals surface area contributed by atoms with Gasteiger partial charge in [-0.05, 0) is 18.2 Å². The summed E-state index contributed by atoms with van der Waals surface area (Å²) in [6.45, 7) is 4.99. The average Bonchev–Trinajstić information content (AvgIpc) is 2.69. The highest BCUT2D eigenvalue weighted by Crippen LogP contribution is 2.20. The van der Waals surface area contributed by atoms with Crippen molar-refractivity contribution >= 4 is 59.2 Å². The van der Waals surface area contributed by atoms with Crippen molar-refractivity contribution in [2.75, 3.05) is 43.4 Å². The lowest BCUT2D eigenvalue weighted by atomic mass is 9.97. The number of carbonyl (C=O) groups is 1. The van der Waals surface area contributed by atoms with Crippen molar-refractivity contribution in [3.63, 3.8) is 0 Å². The Kier molecular flexibility index (Phi) is 8.69. The van der Waals surface area contributed by atoms with Crippen molar-refractivity contribution in [1.82, 2.24) is 9.88 Å². The van der Waals surface area contributed by atoms with Gasteiger partial charge in [-0.3, -0.25) is 9.69 Å². The molecule has 0 bridgehead atoms. The van der Waals surface area contributed by atoms with Crippen LogP contribution in [-0.2, 0) is 4.79 Å². The first kappa shape index (κ1) is 22.6. The number of hydrogen-bond acceptors (Lipinski definition) is 6. The van der Waals surface area contributed by atoms with Crippen LogP contribution in [0.2, 0.25) is 0 Å². The number of hydrogen-bond donors (Lipinski definition) is 0. The number of allylic oxidation sites excluding steroid dienone is 3. The minimum Gasteiger partial charge on any atom is -0.354 e. The van der Waals surface area contributed by atoms with Crippen LogP contribution in [0.1, 0.15) is 0 Å². The van der Waals surface area contributed by atoms with Gasteiger partial charge >= 0.3 is 0 Å². The SMILES string of the molecule is Cl.Cl.O=C1N=C(SCCN2CCN(c3ccccn3)CC2)N=C2C=CC=CC12. The van der Waals surface area contributed by atoms with Crippen molar-refractivity contribution in [2.24, 2.45) is 15.9 Å². The lowest BCUT2D eigenvalue weighted by molar-refractivity contribution is -0.118. The van der Waals surface area contributed by atoms with Crippen LogP contribution in [0.15, 0.2) is 58.7 Å². The number of pyridine rings is 1. The molecule has 1 aromatic rings. The third-order valence-corrected chi connectivity index (χ3v) is 5.51. The fourth-order valence-corrected chi connectivity index (χ4v) is 4.08. The van der Waals surface area contributed by atoms with Gasteiger partial charge in [-0.15, -0.1) is 24.8 Å². The van der Waals surface area contributed by atoms with E-state index < -0.39 is 0 Å². The molecule has 1 fully saturated rings. The van der Waals surface area contributed by atoms with Gasteiger partial charge in [0, 0.05) is 44.7 Å². The molecule has 0 aromatic carbocycles. The number of thioether (sulfide) groups is 1. The molecule has 0 radical (unpaired) electrons. The molecule has 3 aliphatic rings. The van der Waals surface area contributed by atoms with Gasteiger partial charge in [-0.2, -0.15) is 4.99 Å². The molecular weight excluding hydrogens is 417 g/mol. The minimum atomic E-state index is -0.288. The summed E-state index contributed by atoms with van der Waals surface area (Å²) in [6.07, 6.45) is 9.38.